The van der Waals surface area contributed by atoms with E-state index in [9.17, 15) is 9.59 Å². The van der Waals surface area contributed by atoms with E-state index in [1.807, 2.05) is 39.0 Å². The van der Waals surface area contributed by atoms with Crippen LogP contribution in [0, 0.1) is 11.3 Å². The second-order valence-corrected chi connectivity index (χ2v) is 7.05. The lowest BCUT2D eigenvalue weighted by Crippen LogP contribution is -2.33. The lowest BCUT2D eigenvalue weighted by molar-refractivity contribution is -0.155. The second kappa shape index (κ2) is 10.9. The van der Waals surface area contributed by atoms with E-state index in [-0.39, 0.29) is 18.4 Å². The molecule has 1 aliphatic rings. The van der Waals surface area contributed by atoms with Crippen molar-refractivity contribution in [3.05, 3.63) is 71.1 Å². The van der Waals surface area contributed by atoms with Crippen molar-refractivity contribution in [2.45, 2.75) is 52.2 Å². The van der Waals surface area contributed by atoms with Crippen molar-refractivity contribution < 1.29 is 14.3 Å². The smallest absolute Gasteiger partial charge is 0.310 e. The molecular weight excluding hydrogens is 366 g/mol. The molecule has 0 aliphatic heterocycles. The van der Waals surface area contributed by atoms with Crippen molar-refractivity contribution in [3.63, 3.8) is 0 Å². The topological polar surface area (TPSA) is 91.2 Å². The van der Waals surface area contributed by atoms with Gasteiger partial charge in [0.25, 0.3) is 5.91 Å². The molecule has 1 atom stereocenters. The van der Waals surface area contributed by atoms with Crippen molar-refractivity contribution in [3.8, 4) is 6.07 Å². The molecule has 1 fully saturated rings. The van der Waals surface area contributed by atoms with E-state index in [0.717, 1.165) is 24.1 Å². The number of carbonyl (C=O) groups excluding carboxylic acids is 2. The van der Waals surface area contributed by atoms with Crippen LogP contribution in [0.1, 0.15) is 57.3 Å². The zero-order valence-electron chi connectivity index (χ0n) is 17.1. The highest BCUT2D eigenvalue weighted by Crippen LogP contribution is 2.24. The number of esters is 1. The molecule has 0 aromatic heterocycles. The van der Waals surface area contributed by atoms with Crippen LogP contribution in [0.2, 0.25) is 0 Å². The maximum absolute atomic E-state index is 12.6. The van der Waals surface area contributed by atoms with Crippen molar-refractivity contribution in [1.29, 1.82) is 5.26 Å². The Morgan fingerprint density at radius 2 is 1.97 bits per heavy atom. The first-order valence-electron chi connectivity index (χ1n) is 9.66. The van der Waals surface area contributed by atoms with Crippen LogP contribution in [-0.2, 0) is 14.3 Å². The zero-order valence-corrected chi connectivity index (χ0v) is 17.1. The third-order valence-corrected chi connectivity index (χ3v) is 4.27. The Bertz CT molecular complexity index is 852. The Labute approximate surface area is 171 Å². The summed E-state index contributed by atoms with van der Waals surface area (Å²) in [5.41, 5.74) is 3.09. The van der Waals surface area contributed by atoms with E-state index in [1.54, 1.807) is 36.5 Å². The van der Waals surface area contributed by atoms with Gasteiger partial charge in [0.05, 0.1) is 18.1 Å². The Morgan fingerprint density at radius 3 is 2.52 bits per heavy atom. The van der Waals surface area contributed by atoms with Gasteiger partial charge >= 0.3 is 5.97 Å². The van der Waals surface area contributed by atoms with Crippen LogP contribution in [-0.4, -0.2) is 17.9 Å². The van der Waals surface area contributed by atoms with E-state index in [2.05, 4.69) is 10.6 Å². The van der Waals surface area contributed by atoms with Gasteiger partial charge in [0.15, 0.2) is 0 Å². The van der Waals surface area contributed by atoms with Gasteiger partial charge in [-0.3, -0.25) is 9.59 Å². The van der Waals surface area contributed by atoms with Gasteiger partial charge < -0.3 is 15.4 Å². The molecule has 152 valence electrons. The number of allylic oxidation sites excluding steroid dienone is 3. The first-order valence-corrected chi connectivity index (χ1v) is 9.66. The minimum absolute atomic E-state index is 0.0301. The number of nitriles is 1. The van der Waals surface area contributed by atoms with E-state index < -0.39 is 12.1 Å². The van der Waals surface area contributed by atoms with Crippen molar-refractivity contribution >= 4 is 11.9 Å². The number of nitrogens with zero attached hydrogens (tertiary/aromatic N) is 1. The Balaban J connectivity index is 2.00. The van der Waals surface area contributed by atoms with E-state index in [4.69, 9.17) is 10.00 Å². The van der Waals surface area contributed by atoms with E-state index in [1.165, 1.54) is 0 Å². The highest BCUT2D eigenvalue weighted by molar-refractivity contribution is 5.85. The monoisotopic (exact) mass is 393 g/mol. The van der Waals surface area contributed by atoms with Crippen LogP contribution in [0.15, 0.2) is 60.0 Å². The molecule has 0 spiro atoms. The summed E-state index contributed by atoms with van der Waals surface area (Å²) in [6.45, 7) is 5.91. The fourth-order valence-corrected chi connectivity index (χ4v) is 2.52. The molecule has 0 saturated heterocycles. The average molecular weight is 393 g/mol. The molecule has 0 heterocycles. The van der Waals surface area contributed by atoms with Gasteiger partial charge in [-0.1, -0.05) is 29.9 Å². The van der Waals surface area contributed by atoms with Gasteiger partial charge in [-0.25, -0.2) is 0 Å². The predicted octanol–water partition coefficient (Wildman–Crippen LogP) is 3.78. The molecule has 0 radical (unpaired) electrons. The van der Waals surface area contributed by atoms with Crippen LogP contribution in [0.4, 0.5) is 0 Å². The molecule has 1 amide bonds. The summed E-state index contributed by atoms with van der Waals surface area (Å²) in [6, 6.07) is 8.67. The first-order chi connectivity index (χ1) is 13.9. The Hall–Kier alpha value is -3.33. The molecule has 29 heavy (non-hydrogen) atoms. The maximum atomic E-state index is 12.6. The number of hydrogen-bond acceptors (Lipinski definition) is 5. The van der Waals surface area contributed by atoms with Gasteiger partial charge in [-0.15, -0.1) is 0 Å². The summed E-state index contributed by atoms with van der Waals surface area (Å²) >= 11 is 0. The SMILES string of the molecule is C/C=C\C(N/C=C/CC(=O)OC(C(=O)NC1CC1)c1ccc(C#N)cc1)=C(C)C. The van der Waals surface area contributed by atoms with Gasteiger partial charge in [-0.05, 0) is 58.0 Å². The summed E-state index contributed by atoms with van der Waals surface area (Å²) in [4.78, 5) is 24.9. The first kappa shape index (κ1) is 22.0. The fourth-order valence-electron chi connectivity index (χ4n) is 2.52. The number of nitrogens with one attached hydrogen (secondary N) is 2. The van der Waals surface area contributed by atoms with Gasteiger partial charge in [0.2, 0.25) is 6.10 Å². The van der Waals surface area contributed by atoms with Crippen molar-refractivity contribution in [2.24, 2.45) is 0 Å². The second-order valence-electron chi connectivity index (χ2n) is 7.05. The predicted molar refractivity (Wildman–Crippen MR) is 111 cm³/mol. The molecule has 6 nitrogen and oxygen atoms in total. The quantitative estimate of drug-likeness (QED) is 0.492. The molecule has 1 aliphatic carbocycles. The zero-order chi connectivity index (χ0) is 21.2. The summed E-state index contributed by atoms with van der Waals surface area (Å²) in [6.07, 6.45) is 8.09. The van der Waals surface area contributed by atoms with Crippen LogP contribution >= 0.6 is 0 Å². The molecule has 1 saturated carbocycles. The van der Waals surface area contributed by atoms with Gasteiger partial charge in [0.1, 0.15) is 0 Å². The lowest BCUT2D eigenvalue weighted by Gasteiger charge is -2.17. The molecule has 1 aromatic carbocycles. The molecule has 0 bridgehead atoms. The van der Waals surface area contributed by atoms with Gasteiger partial charge in [-0.2, -0.15) is 5.26 Å². The number of hydrogen-bond donors (Lipinski definition) is 2. The fraction of sp³-hybridized carbons (Fsp3) is 0.348. The summed E-state index contributed by atoms with van der Waals surface area (Å²) in [5, 5.41) is 14.9. The van der Waals surface area contributed by atoms with Gasteiger partial charge in [0, 0.05) is 17.3 Å². The number of ether oxygens (including phenoxy) is 1. The molecular formula is C23H27N3O3. The number of benzene rings is 1. The Kier molecular flexibility index (Phi) is 8.23. The highest BCUT2D eigenvalue weighted by Gasteiger charge is 2.30. The molecule has 1 unspecified atom stereocenters. The van der Waals surface area contributed by atoms with Crippen molar-refractivity contribution in [2.75, 3.05) is 0 Å². The average Bonchev–Trinajstić information content (AvgIpc) is 3.52. The van der Waals surface area contributed by atoms with E-state index in [0.29, 0.717) is 11.1 Å². The largest absolute Gasteiger partial charge is 0.447 e. The van der Waals surface area contributed by atoms with Crippen LogP contribution < -0.4 is 10.6 Å². The summed E-state index contributed by atoms with van der Waals surface area (Å²) in [7, 11) is 0. The highest BCUT2D eigenvalue weighted by atomic mass is 16.5. The van der Waals surface area contributed by atoms with E-state index >= 15 is 0 Å². The normalized spacial score (nSPS) is 14.3. The number of rotatable bonds is 9. The maximum Gasteiger partial charge on any atom is 0.310 e. The Morgan fingerprint density at radius 1 is 1.28 bits per heavy atom. The number of amides is 1. The van der Waals surface area contributed by atoms with Crippen LogP contribution in [0.3, 0.4) is 0 Å². The molecule has 2 N–H and O–H groups in total. The minimum atomic E-state index is -1.03. The summed E-state index contributed by atoms with van der Waals surface area (Å²) in [5.74, 6) is -0.847. The molecule has 2 rings (SSSR count). The van der Waals surface area contributed by atoms with Crippen LogP contribution in [0.5, 0.6) is 0 Å². The van der Waals surface area contributed by atoms with Crippen molar-refractivity contribution in [1.82, 2.24) is 10.6 Å². The lowest BCUT2D eigenvalue weighted by atomic mass is 10.1. The third-order valence-electron chi connectivity index (χ3n) is 4.27. The standard InChI is InChI=1S/C23H27N3O3/c1-4-6-20(16(2)3)25-14-5-7-21(27)29-22(23(28)26-19-12-13-19)18-10-8-17(15-24)9-11-18/h4-6,8-11,14,19,22,25H,7,12-13H2,1-3H3,(H,26,28)/b6-4-,14-5+. The molecule has 6 heteroatoms. The molecule has 1 aromatic rings. The third kappa shape index (κ3) is 7.30. The number of carbonyl (C=O) groups is 2. The minimum Gasteiger partial charge on any atom is -0.447 e. The summed E-state index contributed by atoms with van der Waals surface area (Å²) < 4.78 is 5.46. The van der Waals surface area contributed by atoms with Crippen LogP contribution in [0.25, 0.3) is 0 Å².